The second-order valence-electron chi connectivity index (χ2n) is 7.05. The summed E-state index contributed by atoms with van der Waals surface area (Å²) in [5.41, 5.74) is 6.98. The van der Waals surface area contributed by atoms with E-state index in [1.54, 1.807) is 12.1 Å². The van der Waals surface area contributed by atoms with Crippen molar-refractivity contribution in [1.29, 1.82) is 0 Å². The average molecular weight is 318 g/mol. The van der Waals surface area contributed by atoms with E-state index in [2.05, 4.69) is 0 Å². The van der Waals surface area contributed by atoms with Crippen molar-refractivity contribution in [3.8, 4) is 0 Å². The first kappa shape index (κ1) is 16.4. The number of benzene rings is 1. The van der Waals surface area contributed by atoms with Crippen molar-refractivity contribution in [3.63, 3.8) is 0 Å². The van der Waals surface area contributed by atoms with Crippen molar-refractivity contribution in [2.75, 3.05) is 18.0 Å². The third kappa shape index (κ3) is 3.14. The molecule has 1 aromatic rings. The third-order valence-electron chi connectivity index (χ3n) is 5.48. The molecule has 4 heteroatoms. The van der Waals surface area contributed by atoms with Gasteiger partial charge < -0.3 is 10.6 Å². The summed E-state index contributed by atoms with van der Waals surface area (Å²) in [7, 11) is 0. The fraction of sp³-hybridized carbons (Fsp3) is 0.632. The van der Waals surface area contributed by atoms with Crippen LogP contribution in [0.1, 0.15) is 63.4 Å². The van der Waals surface area contributed by atoms with E-state index < -0.39 is 0 Å². The number of nitrogens with two attached hydrogens (primary N) is 1. The van der Waals surface area contributed by atoms with Crippen LogP contribution in [0.25, 0.3) is 0 Å². The zero-order valence-corrected chi connectivity index (χ0v) is 13.8. The first-order chi connectivity index (χ1) is 11.2. The molecule has 0 bridgehead atoms. The monoisotopic (exact) mass is 318 g/mol. The van der Waals surface area contributed by atoms with Gasteiger partial charge in [0, 0.05) is 23.9 Å². The number of fused-ring (bicyclic) bond motifs is 2. The van der Waals surface area contributed by atoms with Crippen LogP contribution in [0.3, 0.4) is 0 Å². The molecule has 2 N–H and O–H groups in total. The van der Waals surface area contributed by atoms with Crippen LogP contribution in [0.15, 0.2) is 18.2 Å². The van der Waals surface area contributed by atoms with Gasteiger partial charge in [0.1, 0.15) is 5.82 Å². The van der Waals surface area contributed by atoms with Crippen molar-refractivity contribution < 1.29 is 9.18 Å². The molecule has 1 heterocycles. The molecule has 23 heavy (non-hydrogen) atoms. The molecule has 3 nitrogen and oxygen atoms in total. The summed E-state index contributed by atoms with van der Waals surface area (Å²) in [6, 6.07) is 5.18. The van der Waals surface area contributed by atoms with E-state index >= 15 is 0 Å². The highest BCUT2D eigenvalue weighted by molar-refractivity contribution is 5.96. The van der Waals surface area contributed by atoms with E-state index in [-0.39, 0.29) is 17.1 Å². The van der Waals surface area contributed by atoms with Gasteiger partial charge in [-0.05, 0) is 44.4 Å². The van der Waals surface area contributed by atoms with Gasteiger partial charge in [-0.3, -0.25) is 4.79 Å². The van der Waals surface area contributed by atoms with Crippen molar-refractivity contribution in [1.82, 2.24) is 0 Å². The molecule has 1 fully saturated rings. The first-order valence-electron chi connectivity index (χ1n) is 8.97. The number of anilines is 1. The zero-order chi connectivity index (χ0) is 16.3. The van der Waals surface area contributed by atoms with Crippen LogP contribution in [0.2, 0.25) is 0 Å². The number of unbranched alkanes of at least 4 members (excludes halogenated alkanes) is 3. The van der Waals surface area contributed by atoms with Crippen LogP contribution in [0.4, 0.5) is 10.1 Å². The topological polar surface area (TPSA) is 46.3 Å². The number of carbonyl (C=O) groups is 1. The molecule has 126 valence electrons. The Morgan fingerprint density at radius 3 is 2.65 bits per heavy atom. The second-order valence-corrected chi connectivity index (χ2v) is 7.05. The maximum Gasteiger partial charge on any atom is 0.227 e. The Morgan fingerprint density at radius 2 is 1.91 bits per heavy atom. The summed E-state index contributed by atoms with van der Waals surface area (Å²) in [5.74, 6) is 0.0102. The number of carbonyl (C=O) groups excluding carboxylic acids is 1. The fourth-order valence-electron chi connectivity index (χ4n) is 4.32. The molecule has 0 atom stereocenters. The fourth-order valence-corrected chi connectivity index (χ4v) is 4.32. The molecular formula is C19H27FN2O. The predicted octanol–water partition coefficient (Wildman–Crippen LogP) is 3.89. The molecule has 0 aromatic heterocycles. The van der Waals surface area contributed by atoms with Crippen molar-refractivity contribution in [3.05, 3.63) is 29.6 Å². The lowest BCUT2D eigenvalue weighted by Crippen LogP contribution is -2.35. The lowest BCUT2D eigenvalue weighted by Gasteiger charge is -2.25. The van der Waals surface area contributed by atoms with Gasteiger partial charge in [0.15, 0.2) is 0 Å². The molecule has 1 spiro atoms. The van der Waals surface area contributed by atoms with Crippen molar-refractivity contribution in [2.24, 2.45) is 5.73 Å². The second kappa shape index (κ2) is 7.00. The molecule has 3 rings (SSSR count). The van der Waals surface area contributed by atoms with Crippen LogP contribution in [-0.4, -0.2) is 19.0 Å². The van der Waals surface area contributed by atoms with E-state index in [4.69, 9.17) is 5.73 Å². The van der Waals surface area contributed by atoms with E-state index in [0.717, 1.165) is 69.2 Å². The van der Waals surface area contributed by atoms with Crippen LogP contribution >= 0.6 is 0 Å². The number of nitrogens with zero attached hydrogens (tertiary/aromatic N) is 1. The molecule has 1 amide bonds. The number of hydrogen-bond donors (Lipinski definition) is 1. The standard InChI is InChI=1S/C19H27FN2O/c20-15-8-7-9-16-18(15)19(11-4-5-12-19)14-22(16)17(23)10-3-1-2-6-13-21/h7-9H,1-6,10-14,21H2. The number of hydrogen-bond acceptors (Lipinski definition) is 2. The van der Waals surface area contributed by atoms with Gasteiger partial charge in [-0.25, -0.2) is 4.39 Å². The maximum absolute atomic E-state index is 14.5. The Balaban J connectivity index is 1.72. The summed E-state index contributed by atoms with van der Waals surface area (Å²) in [5, 5.41) is 0. The first-order valence-corrected chi connectivity index (χ1v) is 8.97. The number of amides is 1. The van der Waals surface area contributed by atoms with E-state index in [1.807, 2.05) is 11.0 Å². The SMILES string of the molecule is NCCCCCCC(=O)N1CC2(CCCC2)c2c(F)cccc21. The van der Waals surface area contributed by atoms with E-state index in [9.17, 15) is 9.18 Å². The summed E-state index contributed by atoms with van der Waals surface area (Å²) in [4.78, 5) is 14.5. The summed E-state index contributed by atoms with van der Waals surface area (Å²) < 4.78 is 14.5. The molecule has 0 unspecified atom stereocenters. The summed E-state index contributed by atoms with van der Waals surface area (Å²) in [6.45, 7) is 1.39. The zero-order valence-electron chi connectivity index (χ0n) is 13.8. The minimum Gasteiger partial charge on any atom is -0.330 e. The Kier molecular flexibility index (Phi) is 5.00. The minimum absolute atomic E-state index is 0.129. The molecular weight excluding hydrogens is 291 g/mol. The van der Waals surface area contributed by atoms with Crippen LogP contribution in [0, 0.1) is 5.82 Å². The average Bonchev–Trinajstić information content (AvgIpc) is 3.14. The van der Waals surface area contributed by atoms with Crippen LogP contribution in [0.5, 0.6) is 0 Å². The van der Waals surface area contributed by atoms with Crippen LogP contribution in [-0.2, 0) is 10.2 Å². The van der Waals surface area contributed by atoms with Crippen LogP contribution < -0.4 is 10.6 Å². The highest BCUT2D eigenvalue weighted by Gasteiger charge is 2.47. The molecule has 1 aliphatic heterocycles. The maximum atomic E-state index is 14.5. The molecule has 0 radical (unpaired) electrons. The molecule has 2 aliphatic rings. The van der Waals surface area contributed by atoms with Gasteiger partial charge in [0.05, 0.1) is 5.69 Å². The van der Waals surface area contributed by atoms with Gasteiger partial charge in [0.2, 0.25) is 5.91 Å². The summed E-state index contributed by atoms with van der Waals surface area (Å²) in [6.07, 6.45) is 8.86. The van der Waals surface area contributed by atoms with Gasteiger partial charge in [-0.2, -0.15) is 0 Å². The smallest absolute Gasteiger partial charge is 0.227 e. The lowest BCUT2D eigenvalue weighted by atomic mass is 9.80. The normalized spacial score (nSPS) is 18.6. The van der Waals surface area contributed by atoms with Gasteiger partial charge >= 0.3 is 0 Å². The largest absolute Gasteiger partial charge is 0.330 e. The van der Waals surface area contributed by atoms with Crippen molar-refractivity contribution in [2.45, 2.75) is 63.2 Å². The van der Waals surface area contributed by atoms with Crippen molar-refractivity contribution >= 4 is 11.6 Å². The predicted molar refractivity (Wildman–Crippen MR) is 91.0 cm³/mol. The molecule has 1 saturated carbocycles. The minimum atomic E-state index is -0.136. The van der Waals surface area contributed by atoms with E-state index in [1.165, 1.54) is 0 Å². The Hall–Kier alpha value is -1.42. The van der Waals surface area contributed by atoms with E-state index in [0.29, 0.717) is 13.0 Å². The molecule has 1 aromatic carbocycles. The Bertz CT molecular complexity index is 566. The third-order valence-corrected chi connectivity index (χ3v) is 5.48. The highest BCUT2D eigenvalue weighted by Crippen LogP contribution is 2.51. The lowest BCUT2D eigenvalue weighted by molar-refractivity contribution is -0.118. The number of halogens is 1. The van der Waals surface area contributed by atoms with Gasteiger partial charge in [0.25, 0.3) is 0 Å². The highest BCUT2D eigenvalue weighted by atomic mass is 19.1. The molecule has 1 aliphatic carbocycles. The Labute approximate surface area is 138 Å². The van der Waals surface area contributed by atoms with Gasteiger partial charge in [-0.1, -0.05) is 31.7 Å². The molecule has 0 saturated heterocycles. The summed E-state index contributed by atoms with van der Waals surface area (Å²) >= 11 is 0. The number of rotatable bonds is 6. The Morgan fingerprint density at radius 1 is 1.17 bits per heavy atom. The van der Waals surface area contributed by atoms with Gasteiger partial charge in [-0.15, -0.1) is 0 Å². The quantitative estimate of drug-likeness (QED) is 0.809.